The average molecular weight is 301 g/mol. The molecule has 3 aliphatic carbocycles. The van der Waals surface area contributed by atoms with E-state index in [2.05, 4.69) is 25.4 Å². The Hall–Kier alpha value is -1.06. The average Bonchev–Trinajstić information content (AvgIpc) is 2.82. The number of aromatic hydroxyl groups is 1. The van der Waals surface area contributed by atoms with Crippen LogP contribution in [0.5, 0.6) is 5.75 Å². The van der Waals surface area contributed by atoms with E-state index in [4.69, 9.17) is 0 Å². The lowest BCUT2D eigenvalue weighted by molar-refractivity contribution is -0.0461. The number of aliphatic hydroxyl groups excluding tert-OH is 1. The highest BCUT2D eigenvalue weighted by molar-refractivity contribution is 5.41. The van der Waals surface area contributed by atoms with E-state index in [0.717, 1.165) is 19.3 Å². The fourth-order valence-corrected chi connectivity index (χ4v) is 6.12. The summed E-state index contributed by atoms with van der Waals surface area (Å²) in [5, 5.41) is 24.2. The number of benzene rings is 1. The molecule has 1 aromatic carbocycles. The van der Waals surface area contributed by atoms with Crippen molar-refractivity contribution in [3.05, 3.63) is 29.3 Å². The van der Waals surface area contributed by atoms with Gasteiger partial charge in [0, 0.05) is 12.0 Å². The molecule has 6 atom stereocenters. The lowest BCUT2D eigenvalue weighted by Gasteiger charge is -2.53. The van der Waals surface area contributed by atoms with Gasteiger partial charge in [-0.05, 0) is 79.7 Å². The first kappa shape index (κ1) is 14.5. The summed E-state index contributed by atoms with van der Waals surface area (Å²) in [6.07, 6.45) is 5.33. The Labute approximate surface area is 132 Å². The molecule has 0 amide bonds. The predicted molar refractivity (Wildman–Crippen MR) is 87.0 cm³/mol. The number of nitrogens with one attached hydrogen (secondary N) is 1. The van der Waals surface area contributed by atoms with Crippen LogP contribution in [0, 0.1) is 17.3 Å². The van der Waals surface area contributed by atoms with Crippen LogP contribution >= 0.6 is 0 Å². The molecule has 3 aliphatic rings. The van der Waals surface area contributed by atoms with E-state index in [0.29, 0.717) is 23.6 Å². The number of aryl methyl sites for hydroxylation is 1. The van der Waals surface area contributed by atoms with Gasteiger partial charge in [0.25, 0.3) is 0 Å². The predicted octanol–water partition coefficient (Wildman–Crippen LogP) is 2.81. The summed E-state index contributed by atoms with van der Waals surface area (Å²) in [5.41, 5.74) is 2.76. The summed E-state index contributed by atoms with van der Waals surface area (Å²) in [4.78, 5) is 0. The maximum Gasteiger partial charge on any atom is 0.115 e. The maximum absolute atomic E-state index is 11.0. The SMILES string of the molecule is CNC1CCC2C3CCc4cc(O)ccc4C3[C@@H](O)C[C@]12C. The molecule has 0 aromatic heterocycles. The second kappa shape index (κ2) is 4.97. The molecule has 3 heteroatoms. The Kier molecular flexibility index (Phi) is 3.28. The number of phenolic OH excluding ortho intramolecular Hbond substituents is 1. The third-order valence-electron chi connectivity index (χ3n) is 7.03. The Morgan fingerprint density at radius 1 is 1.23 bits per heavy atom. The quantitative estimate of drug-likeness (QED) is 0.747. The Balaban J connectivity index is 1.74. The number of aliphatic hydroxyl groups is 1. The Bertz CT molecular complexity index is 587. The molecule has 3 nitrogen and oxygen atoms in total. The summed E-state index contributed by atoms with van der Waals surface area (Å²) in [7, 11) is 2.07. The molecular weight excluding hydrogens is 274 g/mol. The van der Waals surface area contributed by atoms with Crippen LogP contribution in [-0.4, -0.2) is 29.4 Å². The Morgan fingerprint density at radius 3 is 2.82 bits per heavy atom. The third-order valence-corrected chi connectivity index (χ3v) is 7.03. The van der Waals surface area contributed by atoms with Crippen LogP contribution in [0.25, 0.3) is 0 Å². The Morgan fingerprint density at radius 2 is 2.05 bits per heavy atom. The molecule has 0 aliphatic heterocycles. The molecule has 2 fully saturated rings. The van der Waals surface area contributed by atoms with Gasteiger partial charge in [0.1, 0.15) is 5.75 Å². The molecule has 0 spiro atoms. The van der Waals surface area contributed by atoms with Gasteiger partial charge in [-0.1, -0.05) is 13.0 Å². The minimum absolute atomic E-state index is 0.226. The summed E-state index contributed by atoms with van der Waals surface area (Å²) >= 11 is 0. The van der Waals surface area contributed by atoms with Crippen molar-refractivity contribution in [2.24, 2.45) is 17.3 Å². The van der Waals surface area contributed by atoms with Crippen molar-refractivity contribution >= 4 is 0 Å². The largest absolute Gasteiger partial charge is 0.508 e. The molecule has 4 rings (SSSR count). The van der Waals surface area contributed by atoms with Gasteiger partial charge >= 0.3 is 0 Å². The van der Waals surface area contributed by atoms with Gasteiger partial charge in [0.15, 0.2) is 0 Å². The molecule has 2 saturated carbocycles. The molecule has 0 bridgehead atoms. The van der Waals surface area contributed by atoms with Crippen LogP contribution < -0.4 is 5.32 Å². The van der Waals surface area contributed by atoms with Crippen LogP contribution in [0.2, 0.25) is 0 Å². The first-order valence-electron chi connectivity index (χ1n) is 8.71. The number of rotatable bonds is 1. The normalized spacial score (nSPS) is 43.3. The van der Waals surface area contributed by atoms with E-state index in [1.165, 1.54) is 24.0 Å². The van der Waals surface area contributed by atoms with Crippen LogP contribution in [0.4, 0.5) is 0 Å². The molecule has 3 N–H and O–H groups in total. The number of hydrogen-bond acceptors (Lipinski definition) is 3. The molecule has 120 valence electrons. The lowest BCUT2D eigenvalue weighted by Crippen LogP contribution is -2.52. The standard InChI is InChI=1S/C19H27NO2/c1-19-10-16(22)18-13-6-4-12(21)9-11(13)3-5-14(18)15(19)7-8-17(19)20-2/h4,6,9,14-18,20-22H,3,5,7-8,10H2,1-2H3/t14?,15?,16-,17?,18?,19-/m0/s1. The molecule has 1 aromatic rings. The van der Waals surface area contributed by atoms with E-state index in [9.17, 15) is 10.2 Å². The summed E-state index contributed by atoms with van der Waals surface area (Å²) in [5.74, 6) is 1.91. The monoisotopic (exact) mass is 301 g/mol. The van der Waals surface area contributed by atoms with E-state index in [1.807, 2.05) is 6.07 Å². The summed E-state index contributed by atoms with van der Waals surface area (Å²) in [6.45, 7) is 2.39. The first-order chi connectivity index (χ1) is 10.5. The van der Waals surface area contributed by atoms with Gasteiger partial charge in [-0.3, -0.25) is 0 Å². The van der Waals surface area contributed by atoms with Crippen molar-refractivity contribution in [3.8, 4) is 5.75 Å². The van der Waals surface area contributed by atoms with Crippen LogP contribution in [-0.2, 0) is 6.42 Å². The molecular formula is C19H27NO2. The minimum Gasteiger partial charge on any atom is -0.508 e. The fourth-order valence-electron chi connectivity index (χ4n) is 6.12. The molecule has 0 saturated heterocycles. The van der Waals surface area contributed by atoms with Crippen LogP contribution in [0.3, 0.4) is 0 Å². The van der Waals surface area contributed by atoms with E-state index < -0.39 is 0 Å². The molecule has 0 heterocycles. The molecule has 22 heavy (non-hydrogen) atoms. The van der Waals surface area contributed by atoms with Crippen molar-refractivity contribution in [1.82, 2.24) is 5.32 Å². The first-order valence-corrected chi connectivity index (χ1v) is 8.71. The van der Waals surface area contributed by atoms with Gasteiger partial charge in [0.2, 0.25) is 0 Å². The van der Waals surface area contributed by atoms with E-state index >= 15 is 0 Å². The minimum atomic E-state index is -0.260. The van der Waals surface area contributed by atoms with Gasteiger partial charge in [-0.15, -0.1) is 0 Å². The second-order valence-electron chi connectivity index (χ2n) is 7.91. The maximum atomic E-state index is 11.0. The highest BCUT2D eigenvalue weighted by atomic mass is 16.3. The summed E-state index contributed by atoms with van der Waals surface area (Å²) in [6, 6.07) is 6.27. The number of fused-ring (bicyclic) bond motifs is 5. The second-order valence-corrected chi connectivity index (χ2v) is 7.91. The highest BCUT2D eigenvalue weighted by Gasteiger charge is 2.57. The number of phenols is 1. The zero-order valence-corrected chi connectivity index (χ0v) is 13.5. The number of hydrogen-bond donors (Lipinski definition) is 3. The van der Waals surface area contributed by atoms with Gasteiger partial charge in [-0.2, -0.15) is 0 Å². The topological polar surface area (TPSA) is 52.5 Å². The zero-order chi connectivity index (χ0) is 15.5. The van der Waals surface area contributed by atoms with Crippen molar-refractivity contribution in [3.63, 3.8) is 0 Å². The highest BCUT2D eigenvalue weighted by Crippen LogP contribution is 2.60. The van der Waals surface area contributed by atoms with Crippen molar-refractivity contribution < 1.29 is 10.2 Å². The molecule has 0 radical (unpaired) electrons. The van der Waals surface area contributed by atoms with E-state index in [1.54, 1.807) is 6.07 Å². The lowest BCUT2D eigenvalue weighted by atomic mass is 9.54. The van der Waals surface area contributed by atoms with Crippen LogP contribution in [0.15, 0.2) is 18.2 Å². The van der Waals surface area contributed by atoms with Crippen LogP contribution in [0.1, 0.15) is 49.7 Å². The van der Waals surface area contributed by atoms with Crippen molar-refractivity contribution in [2.75, 3.05) is 7.05 Å². The fraction of sp³-hybridized carbons (Fsp3) is 0.684. The third kappa shape index (κ3) is 1.88. The van der Waals surface area contributed by atoms with Gasteiger partial charge in [0.05, 0.1) is 6.10 Å². The zero-order valence-electron chi connectivity index (χ0n) is 13.5. The van der Waals surface area contributed by atoms with Crippen molar-refractivity contribution in [2.45, 2.75) is 57.1 Å². The van der Waals surface area contributed by atoms with Gasteiger partial charge in [-0.25, -0.2) is 0 Å². The molecule has 4 unspecified atom stereocenters. The van der Waals surface area contributed by atoms with Crippen molar-refractivity contribution in [1.29, 1.82) is 0 Å². The smallest absolute Gasteiger partial charge is 0.115 e. The van der Waals surface area contributed by atoms with Gasteiger partial charge < -0.3 is 15.5 Å². The van der Waals surface area contributed by atoms with E-state index in [-0.39, 0.29) is 17.4 Å². The summed E-state index contributed by atoms with van der Waals surface area (Å²) < 4.78 is 0.